The second-order valence-electron chi connectivity index (χ2n) is 7.62. The number of likely N-dealkylation sites (tertiary alicyclic amines) is 2. The van der Waals surface area contributed by atoms with Crippen LogP contribution in [-0.2, 0) is 4.79 Å². The number of carboxylic acids is 1. The first-order chi connectivity index (χ1) is 11.5. The average Bonchev–Trinajstić information content (AvgIpc) is 3.28. The minimum atomic E-state index is -0.773. The molecule has 130 valence electrons. The lowest BCUT2D eigenvalue weighted by atomic mass is 9.81. The van der Waals surface area contributed by atoms with Gasteiger partial charge in [-0.1, -0.05) is 12.8 Å². The van der Waals surface area contributed by atoms with Crippen LogP contribution in [0.5, 0.6) is 0 Å². The van der Waals surface area contributed by atoms with Gasteiger partial charge in [-0.3, -0.25) is 14.5 Å². The minimum absolute atomic E-state index is 0.00413. The fraction of sp³-hybridized carbons (Fsp3) is 0.667. The monoisotopic (exact) mass is 348 g/mol. The van der Waals surface area contributed by atoms with Crippen LogP contribution in [0, 0.1) is 18.3 Å². The van der Waals surface area contributed by atoms with Crippen LogP contribution in [0.25, 0.3) is 0 Å². The minimum Gasteiger partial charge on any atom is -0.481 e. The zero-order valence-electron chi connectivity index (χ0n) is 14.0. The zero-order valence-corrected chi connectivity index (χ0v) is 14.8. The van der Waals surface area contributed by atoms with Crippen molar-refractivity contribution in [3.05, 3.63) is 21.9 Å². The Morgan fingerprint density at radius 2 is 1.96 bits per heavy atom. The smallest absolute Gasteiger partial charge is 0.313 e. The van der Waals surface area contributed by atoms with Gasteiger partial charge < -0.3 is 10.0 Å². The SMILES string of the molecule is Cc1ccc(C(=O)N2C[C@@H]3CN(C4CCCC4)C[C@]3(C(=O)O)C2)s1. The van der Waals surface area contributed by atoms with Crippen LogP contribution >= 0.6 is 11.3 Å². The van der Waals surface area contributed by atoms with Gasteiger partial charge in [0.25, 0.3) is 5.91 Å². The van der Waals surface area contributed by atoms with E-state index in [2.05, 4.69) is 4.90 Å². The Morgan fingerprint density at radius 1 is 1.21 bits per heavy atom. The number of hydrogen-bond acceptors (Lipinski definition) is 4. The largest absolute Gasteiger partial charge is 0.481 e. The van der Waals surface area contributed by atoms with E-state index in [1.54, 1.807) is 4.90 Å². The highest BCUT2D eigenvalue weighted by atomic mass is 32.1. The van der Waals surface area contributed by atoms with Crippen molar-refractivity contribution >= 4 is 23.2 Å². The number of carboxylic acid groups (broad SMARTS) is 1. The quantitative estimate of drug-likeness (QED) is 0.911. The molecule has 5 nitrogen and oxygen atoms in total. The van der Waals surface area contributed by atoms with Crippen LogP contribution in [0.15, 0.2) is 12.1 Å². The summed E-state index contributed by atoms with van der Waals surface area (Å²) in [6, 6.07) is 4.36. The lowest BCUT2D eigenvalue weighted by Gasteiger charge is -2.28. The molecule has 3 fully saturated rings. The third-order valence-corrected chi connectivity index (χ3v) is 7.13. The molecule has 0 unspecified atom stereocenters. The Morgan fingerprint density at radius 3 is 2.54 bits per heavy atom. The summed E-state index contributed by atoms with van der Waals surface area (Å²) in [5.74, 6) is -0.679. The summed E-state index contributed by atoms with van der Waals surface area (Å²) in [5.41, 5.74) is -0.773. The van der Waals surface area contributed by atoms with E-state index in [1.165, 1.54) is 37.0 Å². The summed E-state index contributed by atoms with van der Waals surface area (Å²) in [5, 5.41) is 9.95. The Kier molecular flexibility index (Phi) is 3.92. The average molecular weight is 348 g/mol. The van der Waals surface area contributed by atoms with Crippen molar-refractivity contribution in [3.63, 3.8) is 0 Å². The standard InChI is InChI=1S/C18H24N2O3S/c1-12-6-7-15(24-12)16(21)20-9-13-8-19(14-4-2-3-5-14)10-18(13,11-20)17(22)23/h6-7,13-14H,2-5,8-11H2,1H3,(H,22,23)/t13-,18-/m0/s1. The number of aryl methyl sites for hydroxylation is 1. The third kappa shape index (κ3) is 2.47. The van der Waals surface area contributed by atoms with Crippen molar-refractivity contribution in [2.24, 2.45) is 11.3 Å². The molecule has 2 atom stereocenters. The van der Waals surface area contributed by atoms with Gasteiger partial charge in [0.05, 0.1) is 4.88 Å². The molecule has 2 saturated heterocycles. The van der Waals surface area contributed by atoms with Gasteiger partial charge in [-0.25, -0.2) is 0 Å². The van der Waals surface area contributed by atoms with Gasteiger partial charge in [0.2, 0.25) is 0 Å². The fourth-order valence-electron chi connectivity index (χ4n) is 4.81. The zero-order chi connectivity index (χ0) is 16.9. The van der Waals surface area contributed by atoms with Gasteiger partial charge >= 0.3 is 5.97 Å². The van der Waals surface area contributed by atoms with Gasteiger partial charge in [0.1, 0.15) is 5.41 Å². The molecule has 1 saturated carbocycles. The Balaban J connectivity index is 1.52. The molecule has 1 aromatic rings. The van der Waals surface area contributed by atoms with Crippen LogP contribution in [0.2, 0.25) is 0 Å². The highest BCUT2D eigenvalue weighted by Crippen LogP contribution is 2.45. The summed E-state index contributed by atoms with van der Waals surface area (Å²) >= 11 is 1.49. The summed E-state index contributed by atoms with van der Waals surface area (Å²) in [4.78, 5) is 30.8. The molecule has 0 spiro atoms. The van der Waals surface area contributed by atoms with E-state index in [1.807, 2.05) is 19.1 Å². The van der Waals surface area contributed by atoms with E-state index in [0.29, 0.717) is 25.7 Å². The normalized spacial score (nSPS) is 30.9. The number of hydrogen-bond donors (Lipinski definition) is 1. The first kappa shape index (κ1) is 16.1. The molecule has 3 heterocycles. The van der Waals surface area contributed by atoms with Gasteiger partial charge in [-0.2, -0.15) is 0 Å². The van der Waals surface area contributed by atoms with E-state index in [9.17, 15) is 14.7 Å². The molecular formula is C18H24N2O3S. The first-order valence-electron chi connectivity index (χ1n) is 8.83. The number of aliphatic carboxylic acids is 1. The number of fused-ring (bicyclic) bond motifs is 1. The van der Waals surface area contributed by atoms with E-state index >= 15 is 0 Å². The highest BCUT2D eigenvalue weighted by Gasteiger charge is 2.59. The summed E-state index contributed by atoms with van der Waals surface area (Å²) in [6.45, 7) is 4.34. The van der Waals surface area contributed by atoms with Crippen LogP contribution < -0.4 is 0 Å². The van der Waals surface area contributed by atoms with Gasteiger partial charge in [0, 0.05) is 43.0 Å². The van der Waals surface area contributed by atoms with Crippen LogP contribution in [0.4, 0.5) is 0 Å². The molecule has 3 aliphatic rings. The Bertz CT molecular complexity index is 667. The summed E-state index contributed by atoms with van der Waals surface area (Å²) in [7, 11) is 0. The molecule has 24 heavy (non-hydrogen) atoms. The molecule has 2 aliphatic heterocycles. The molecule has 1 amide bonds. The Labute approximate surface area is 146 Å². The maximum atomic E-state index is 12.7. The van der Waals surface area contributed by atoms with Crippen molar-refractivity contribution in [1.29, 1.82) is 0 Å². The second-order valence-corrected chi connectivity index (χ2v) is 8.91. The van der Waals surface area contributed by atoms with Gasteiger partial charge in [0.15, 0.2) is 0 Å². The van der Waals surface area contributed by atoms with Gasteiger partial charge in [-0.15, -0.1) is 11.3 Å². The number of thiophene rings is 1. The topological polar surface area (TPSA) is 60.9 Å². The van der Waals surface area contributed by atoms with Crippen LogP contribution in [-0.4, -0.2) is 59.0 Å². The lowest BCUT2D eigenvalue weighted by Crippen LogP contribution is -2.43. The number of amides is 1. The third-order valence-electron chi connectivity index (χ3n) is 6.14. The van der Waals surface area contributed by atoms with E-state index in [4.69, 9.17) is 0 Å². The molecule has 1 aliphatic carbocycles. The molecule has 0 bridgehead atoms. The van der Waals surface area contributed by atoms with Crippen LogP contribution in [0.3, 0.4) is 0 Å². The van der Waals surface area contributed by atoms with Crippen LogP contribution in [0.1, 0.15) is 40.2 Å². The van der Waals surface area contributed by atoms with Gasteiger partial charge in [-0.05, 0) is 31.9 Å². The maximum absolute atomic E-state index is 12.7. The first-order valence-corrected chi connectivity index (χ1v) is 9.64. The number of carbonyl (C=O) groups excluding carboxylic acids is 1. The van der Waals surface area contributed by atoms with Crippen molar-refractivity contribution in [2.45, 2.75) is 38.6 Å². The van der Waals surface area contributed by atoms with E-state index < -0.39 is 11.4 Å². The second kappa shape index (κ2) is 5.85. The molecule has 1 aromatic heterocycles. The highest BCUT2D eigenvalue weighted by molar-refractivity contribution is 7.13. The Hall–Kier alpha value is -1.40. The van der Waals surface area contributed by atoms with Crippen molar-refractivity contribution < 1.29 is 14.7 Å². The predicted molar refractivity (Wildman–Crippen MR) is 92.3 cm³/mol. The number of rotatable bonds is 3. The fourth-order valence-corrected chi connectivity index (χ4v) is 5.65. The predicted octanol–water partition coefficient (Wildman–Crippen LogP) is 2.46. The number of nitrogens with zero attached hydrogens (tertiary/aromatic N) is 2. The molecule has 4 rings (SSSR count). The molecule has 0 radical (unpaired) electrons. The van der Waals surface area contributed by atoms with Crippen molar-refractivity contribution in [3.8, 4) is 0 Å². The lowest BCUT2D eigenvalue weighted by molar-refractivity contribution is -0.148. The summed E-state index contributed by atoms with van der Waals surface area (Å²) < 4.78 is 0. The van der Waals surface area contributed by atoms with E-state index in [-0.39, 0.29) is 11.8 Å². The van der Waals surface area contributed by atoms with Crippen molar-refractivity contribution in [2.75, 3.05) is 26.2 Å². The maximum Gasteiger partial charge on any atom is 0.313 e. The summed E-state index contributed by atoms with van der Waals surface area (Å²) in [6.07, 6.45) is 4.90. The molecular weight excluding hydrogens is 324 g/mol. The molecule has 1 N–H and O–H groups in total. The van der Waals surface area contributed by atoms with E-state index in [0.717, 1.165) is 16.3 Å². The van der Waals surface area contributed by atoms with Crippen molar-refractivity contribution in [1.82, 2.24) is 9.80 Å². The number of carbonyl (C=O) groups is 2. The molecule has 0 aromatic carbocycles. The molecule has 6 heteroatoms.